The van der Waals surface area contributed by atoms with Crippen LogP contribution in [0.3, 0.4) is 0 Å². The van der Waals surface area contributed by atoms with E-state index in [9.17, 15) is 0 Å². The van der Waals surface area contributed by atoms with Gasteiger partial charge in [-0.3, -0.25) is 4.98 Å². The zero-order chi connectivity index (χ0) is 15.2. The number of aromatic nitrogens is 1. The maximum atomic E-state index is 4.71. The van der Waals surface area contributed by atoms with Gasteiger partial charge in [0.1, 0.15) is 0 Å². The number of aryl methyl sites for hydroxylation is 2. The molecule has 0 aliphatic heterocycles. The van der Waals surface area contributed by atoms with E-state index in [1.165, 1.54) is 49.8 Å². The predicted molar refractivity (Wildman–Crippen MR) is 90.5 cm³/mol. The normalized spacial score (nSPS) is 24.0. The Morgan fingerprint density at radius 2 is 1.95 bits per heavy atom. The van der Waals surface area contributed by atoms with Gasteiger partial charge in [0, 0.05) is 17.4 Å². The summed E-state index contributed by atoms with van der Waals surface area (Å²) in [5, 5.41) is 3.84. The second-order valence-corrected chi connectivity index (χ2v) is 6.68. The molecule has 3 unspecified atom stereocenters. The molecule has 0 saturated heterocycles. The molecule has 0 radical (unpaired) electrons. The number of rotatable bonds is 6. The smallest absolute Gasteiger partial charge is 0.0423 e. The maximum absolute atomic E-state index is 4.71. The van der Waals surface area contributed by atoms with Crippen molar-refractivity contribution in [2.24, 2.45) is 11.8 Å². The molecule has 1 fully saturated rings. The molecule has 1 aliphatic rings. The second kappa shape index (κ2) is 7.93. The molecule has 1 heterocycles. The summed E-state index contributed by atoms with van der Waals surface area (Å²) in [6.45, 7) is 9.97. The average molecular weight is 288 g/mol. The van der Waals surface area contributed by atoms with Gasteiger partial charge in [0.05, 0.1) is 0 Å². The van der Waals surface area contributed by atoms with Gasteiger partial charge in [0.2, 0.25) is 0 Å². The zero-order valence-corrected chi connectivity index (χ0v) is 14.3. The molecule has 1 N–H and O–H groups in total. The van der Waals surface area contributed by atoms with Crippen LogP contribution >= 0.6 is 0 Å². The van der Waals surface area contributed by atoms with E-state index in [4.69, 9.17) is 4.98 Å². The first-order valence-corrected chi connectivity index (χ1v) is 8.84. The molecule has 3 atom stereocenters. The second-order valence-electron chi connectivity index (χ2n) is 6.68. The molecule has 0 bridgehead atoms. The molecule has 1 aromatic rings. The van der Waals surface area contributed by atoms with E-state index in [0.29, 0.717) is 6.04 Å². The molecule has 21 heavy (non-hydrogen) atoms. The van der Waals surface area contributed by atoms with Crippen molar-refractivity contribution in [3.8, 4) is 0 Å². The highest BCUT2D eigenvalue weighted by Crippen LogP contribution is 2.40. The van der Waals surface area contributed by atoms with Gasteiger partial charge < -0.3 is 5.32 Å². The van der Waals surface area contributed by atoms with Crippen molar-refractivity contribution in [1.82, 2.24) is 10.3 Å². The van der Waals surface area contributed by atoms with E-state index < -0.39 is 0 Å². The summed E-state index contributed by atoms with van der Waals surface area (Å²) in [7, 11) is 0. The zero-order valence-electron chi connectivity index (χ0n) is 14.3. The molecule has 118 valence electrons. The summed E-state index contributed by atoms with van der Waals surface area (Å²) < 4.78 is 0. The Morgan fingerprint density at radius 1 is 1.19 bits per heavy atom. The van der Waals surface area contributed by atoms with Crippen LogP contribution in [0.4, 0.5) is 0 Å². The van der Waals surface area contributed by atoms with Gasteiger partial charge in [-0.1, -0.05) is 45.6 Å². The SMILES string of the molecule is CCCNC(c1ccc(C)nc1C)C1CCCCC1CC. The fraction of sp³-hybridized carbons (Fsp3) is 0.737. The third kappa shape index (κ3) is 4.06. The number of hydrogen-bond donors (Lipinski definition) is 1. The average Bonchev–Trinajstić information content (AvgIpc) is 2.49. The first kappa shape index (κ1) is 16.5. The molecule has 0 spiro atoms. The Bertz CT molecular complexity index is 441. The van der Waals surface area contributed by atoms with Crippen LogP contribution in [0, 0.1) is 25.7 Å². The standard InChI is InChI=1S/C19H32N2/c1-5-13-20-19(17-12-11-14(3)21-15(17)4)18-10-8-7-9-16(18)6-2/h11-12,16,18-20H,5-10,13H2,1-4H3. The third-order valence-corrected chi connectivity index (χ3v) is 5.14. The summed E-state index contributed by atoms with van der Waals surface area (Å²) in [6.07, 6.45) is 8.09. The molecular formula is C19H32N2. The monoisotopic (exact) mass is 288 g/mol. The van der Waals surface area contributed by atoms with E-state index >= 15 is 0 Å². The van der Waals surface area contributed by atoms with Gasteiger partial charge in [-0.05, 0) is 56.7 Å². The highest BCUT2D eigenvalue weighted by Gasteiger charge is 2.32. The number of nitrogens with zero attached hydrogens (tertiary/aromatic N) is 1. The van der Waals surface area contributed by atoms with Crippen LogP contribution in [0.15, 0.2) is 12.1 Å². The molecule has 1 aliphatic carbocycles. The molecule has 2 rings (SSSR count). The Balaban J connectivity index is 2.27. The van der Waals surface area contributed by atoms with Crippen LogP contribution in [0.2, 0.25) is 0 Å². The molecular weight excluding hydrogens is 256 g/mol. The lowest BCUT2D eigenvalue weighted by molar-refractivity contribution is 0.175. The third-order valence-electron chi connectivity index (χ3n) is 5.14. The predicted octanol–water partition coefficient (Wildman–Crippen LogP) is 4.96. The lowest BCUT2D eigenvalue weighted by atomic mass is 9.72. The van der Waals surface area contributed by atoms with E-state index in [1.807, 2.05) is 0 Å². The van der Waals surface area contributed by atoms with Gasteiger partial charge in [0.25, 0.3) is 0 Å². The van der Waals surface area contributed by atoms with Crippen LogP contribution in [-0.2, 0) is 0 Å². The van der Waals surface area contributed by atoms with Gasteiger partial charge in [-0.2, -0.15) is 0 Å². The van der Waals surface area contributed by atoms with Crippen molar-refractivity contribution in [2.75, 3.05) is 6.54 Å². The number of pyridine rings is 1. The summed E-state index contributed by atoms with van der Waals surface area (Å²) in [4.78, 5) is 4.71. The lowest BCUT2D eigenvalue weighted by Crippen LogP contribution is -2.35. The van der Waals surface area contributed by atoms with Gasteiger partial charge in [-0.25, -0.2) is 0 Å². The fourth-order valence-corrected chi connectivity index (χ4v) is 4.00. The molecule has 0 aromatic carbocycles. The van der Waals surface area contributed by atoms with Crippen LogP contribution in [0.1, 0.15) is 75.4 Å². The van der Waals surface area contributed by atoms with Crippen molar-refractivity contribution < 1.29 is 0 Å². The summed E-state index contributed by atoms with van der Waals surface area (Å²) in [6, 6.07) is 4.97. The van der Waals surface area contributed by atoms with Gasteiger partial charge in [-0.15, -0.1) is 0 Å². The minimum Gasteiger partial charge on any atom is -0.310 e. The highest BCUT2D eigenvalue weighted by atomic mass is 14.9. The first-order chi connectivity index (χ1) is 10.2. The number of nitrogens with one attached hydrogen (secondary N) is 1. The van der Waals surface area contributed by atoms with Crippen LogP contribution < -0.4 is 5.32 Å². The summed E-state index contributed by atoms with van der Waals surface area (Å²) >= 11 is 0. The van der Waals surface area contributed by atoms with E-state index in [-0.39, 0.29) is 0 Å². The summed E-state index contributed by atoms with van der Waals surface area (Å²) in [5.74, 6) is 1.65. The van der Waals surface area contributed by atoms with Crippen molar-refractivity contribution in [3.63, 3.8) is 0 Å². The van der Waals surface area contributed by atoms with Gasteiger partial charge in [0.15, 0.2) is 0 Å². The Hall–Kier alpha value is -0.890. The Morgan fingerprint density at radius 3 is 2.62 bits per heavy atom. The summed E-state index contributed by atoms with van der Waals surface area (Å²) in [5.41, 5.74) is 3.77. The Labute approximate surface area is 130 Å². The van der Waals surface area contributed by atoms with Crippen LogP contribution in [0.5, 0.6) is 0 Å². The van der Waals surface area contributed by atoms with Crippen molar-refractivity contribution in [3.05, 3.63) is 29.1 Å². The largest absolute Gasteiger partial charge is 0.310 e. The van der Waals surface area contributed by atoms with E-state index in [1.54, 1.807) is 0 Å². The van der Waals surface area contributed by atoms with Gasteiger partial charge >= 0.3 is 0 Å². The molecule has 0 amide bonds. The minimum absolute atomic E-state index is 0.489. The van der Waals surface area contributed by atoms with Crippen LogP contribution in [0.25, 0.3) is 0 Å². The molecule has 2 heteroatoms. The minimum atomic E-state index is 0.489. The first-order valence-electron chi connectivity index (χ1n) is 8.84. The fourth-order valence-electron chi connectivity index (χ4n) is 4.00. The molecule has 1 saturated carbocycles. The Kier molecular flexibility index (Phi) is 6.22. The van der Waals surface area contributed by atoms with Crippen molar-refractivity contribution >= 4 is 0 Å². The van der Waals surface area contributed by atoms with E-state index in [0.717, 1.165) is 24.1 Å². The van der Waals surface area contributed by atoms with Crippen molar-refractivity contribution in [1.29, 1.82) is 0 Å². The van der Waals surface area contributed by atoms with E-state index in [2.05, 4.69) is 45.1 Å². The van der Waals surface area contributed by atoms with Crippen LogP contribution in [-0.4, -0.2) is 11.5 Å². The molecule has 1 aromatic heterocycles. The maximum Gasteiger partial charge on any atom is 0.0423 e. The quantitative estimate of drug-likeness (QED) is 0.800. The lowest BCUT2D eigenvalue weighted by Gasteiger charge is -2.38. The van der Waals surface area contributed by atoms with Crippen molar-refractivity contribution in [2.45, 2.75) is 72.3 Å². The topological polar surface area (TPSA) is 24.9 Å². The number of hydrogen-bond acceptors (Lipinski definition) is 2. The molecule has 2 nitrogen and oxygen atoms in total. The highest BCUT2D eigenvalue weighted by molar-refractivity contribution is 5.26.